The molecule has 1 saturated carbocycles. The zero-order valence-corrected chi connectivity index (χ0v) is 16.6. The summed E-state index contributed by atoms with van der Waals surface area (Å²) in [6.45, 7) is 0.580. The Morgan fingerprint density at radius 2 is 1.40 bits per heavy atom. The third kappa shape index (κ3) is 3.01. The van der Waals surface area contributed by atoms with Crippen molar-refractivity contribution < 1.29 is 23.0 Å². The highest BCUT2D eigenvalue weighted by Crippen LogP contribution is 2.69. The van der Waals surface area contributed by atoms with Crippen LogP contribution in [0.2, 0.25) is 0 Å². The van der Waals surface area contributed by atoms with E-state index in [1.165, 1.54) is 0 Å². The summed E-state index contributed by atoms with van der Waals surface area (Å²) in [6.07, 6.45) is 0. The van der Waals surface area contributed by atoms with Gasteiger partial charge in [-0.3, -0.25) is 0 Å². The normalized spacial score (nSPS) is 23.8. The minimum atomic E-state index is -2.92. The second-order valence-corrected chi connectivity index (χ2v) is 7.71. The Morgan fingerprint density at radius 3 is 2.00 bits per heavy atom. The zero-order valence-electron chi connectivity index (χ0n) is 16.6. The average Bonchev–Trinajstić information content (AvgIpc) is 3.13. The molecule has 1 aliphatic carbocycles. The van der Waals surface area contributed by atoms with E-state index >= 15 is 8.78 Å². The van der Waals surface area contributed by atoms with Crippen LogP contribution in [0.3, 0.4) is 0 Å². The fourth-order valence-electron chi connectivity index (χ4n) is 4.51. The standard InChI is InChI=1S/C25H22F2O3/c1-28-21-13-11-20(12-14-21)25(29-15-16-30-25)23-22(24(23,26)27)19-9-7-18(8-10-19)17-5-3-2-4-6-17/h2-14,22-23H,15-16H2,1H3. The van der Waals surface area contributed by atoms with E-state index in [1.807, 2.05) is 42.5 Å². The minimum Gasteiger partial charge on any atom is -0.497 e. The van der Waals surface area contributed by atoms with Gasteiger partial charge in [0.2, 0.25) is 5.79 Å². The number of benzene rings is 3. The molecule has 1 aliphatic heterocycles. The summed E-state index contributed by atoms with van der Waals surface area (Å²) in [6, 6.07) is 24.2. The number of halogens is 2. The van der Waals surface area contributed by atoms with E-state index in [2.05, 4.69) is 0 Å². The van der Waals surface area contributed by atoms with Crippen LogP contribution < -0.4 is 4.74 Å². The summed E-state index contributed by atoms with van der Waals surface area (Å²) >= 11 is 0. The Kier molecular flexibility index (Phi) is 4.60. The van der Waals surface area contributed by atoms with E-state index in [4.69, 9.17) is 14.2 Å². The van der Waals surface area contributed by atoms with Gasteiger partial charge in [0.1, 0.15) is 5.75 Å². The molecule has 3 nitrogen and oxygen atoms in total. The molecule has 2 atom stereocenters. The van der Waals surface area contributed by atoms with Crippen molar-refractivity contribution in [1.82, 2.24) is 0 Å². The minimum absolute atomic E-state index is 0.290. The molecule has 0 spiro atoms. The molecule has 0 amide bonds. The quantitative estimate of drug-likeness (QED) is 0.549. The Bertz CT molecular complexity index is 1010. The van der Waals surface area contributed by atoms with Gasteiger partial charge in [-0.25, -0.2) is 8.78 Å². The first kappa shape index (κ1) is 19.2. The number of hydrogen-bond acceptors (Lipinski definition) is 3. The Hall–Kier alpha value is -2.76. The smallest absolute Gasteiger partial charge is 0.264 e. The molecular weight excluding hydrogens is 386 g/mol. The number of alkyl halides is 2. The van der Waals surface area contributed by atoms with Crippen LogP contribution in [0.4, 0.5) is 8.78 Å². The van der Waals surface area contributed by atoms with E-state index in [9.17, 15) is 0 Å². The molecule has 0 N–H and O–H groups in total. The van der Waals surface area contributed by atoms with Crippen LogP contribution >= 0.6 is 0 Å². The van der Waals surface area contributed by atoms with Gasteiger partial charge in [-0.05, 0) is 41.0 Å². The molecule has 0 radical (unpaired) electrons. The van der Waals surface area contributed by atoms with Gasteiger partial charge in [-0.2, -0.15) is 0 Å². The molecule has 0 bridgehead atoms. The molecule has 5 rings (SSSR count). The Balaban J connectivity index is 1.47. The molecule has 2 aliphatic rings. The van der Waals surface area contributed by atoms with Crippen LogP contribution in [0.15, 0.2) is 78.9 Å². The lowest BCUT2D eigenvalue weighted by molar-refractivity contribution is -0.198. The summed E-state index contributed by atoms with van der Waals surface area (Å²) in [5, 5.41) is 0. The van der Waals surface area contributed by atoms with E-state index in [-0.39, 0.29) is 13.2 Å². The molecule has 154 valence electrons. The molecule has 30 heavy (non-hydrogen) atoms. The van der Waals surface area contributed by atoms with Gasteiger partial charge >= 0.3 is 0 Å². The maximum absolute atomic E-state index is 15.1. The maximum atomic E-state index is 15.1. The van der Waals surface area contributed by atoms with Crippen molar-refractivity contribution in [3.8, 4) is 16.9 Å². The first-order valence-corrected chi connectivity index (χ1v) is 10.0. The van der Waals surface area contributed by atoms with Gasteiger partial charge in [-0.15, -0.1) is 0 Å². The van der Waals surface area contributed by atoms with Crippen LogP contribution in [-0.4, -0.2) is 26.2 Å². The molecule has 3 aromatic rings. The molecule has 3 aromatic carbocycles. The third-order valence-electron chi connectivity index (χ3n) is 6.05. The number of hydrogen-bond donors (Lipinski definition) is 0. The summed E-state index contributed by atoms with van der Waals surface area (Å²) < 4.78 is 47.1. The van der Waals surface area contributed by atoms with Crippen molar-refractivity contribution in [2.45, 2.75) is 17.6 Å². The van der Waals surface area contributed by atoms with Crippen molar-refractivity contribution >= 4 is 0 Å². The molecule has 0 aromatic heterocycles. The van der Waals surface area contributed by atoms with Crippen molar-refractivity contribution in [2.24, 2.45) is 5.92 Å². The van der Waals surface area contributed by atoms with Crippen molar-refractivity contribution in [3.05, 3.63) is 90.0 Å². The Labute approximate surface area is 174 Å². The first-order valence-electron chi connectivity index (χ1n) is 10.0. The lowest BCUT2D eigenvalue weighted by Gasteiger charge is -2.28. The largest absolute Gasteiger partial charge is 0.497 e. The molecule has 1 heterocycles. The van der Waals surface area contributed by atoms with E-state index < -0.39 is 23.5 Å². The summed E-state index contributed by atoms with van der Waals surface area (Å²) in [4.78, 5) is 0. The van der Waals surface area contributed by atoms with Crippen LogP contribution in [0.25, 0.3) is 11.1 Å². The average molecular weight is 408 g/mol. The van der Waals surface area contributed by atoms with E-state index in [0.717, 1.165) is 11.1 Å². The van der Waals surface area contributed by atoms with Gasteiger partial charge in [0.15, 0.2) is 0 Å². The van der Waals surface area contributed by atoms with Gasteiger partial charge in [-0.1, -0.05) is 54.6 Å². The SMILES string of the molecule is COc1ccc(C2(C3C(c4ccc(-c5ccccc5)cc4)C3(F)F)OCCO2)cc1. The van der Waals surface area contributed by atoms with Gasteiger partial charge < -0.3 is 14.2 Å². The Morgan fingerprint density at radius 1 is 0.800 bits per heavy atom. The fourth-order valence-corrected chi connectivity index (χ4v) is 4.51. The van der Waals surface area contributed by atoms with Gasteiger partial charge in [0.05, 0.1) is 32.2 Å². The molecule has 2 fully saturated rings. The fraction of sp³-hybridized carbons (Fsp3) is 0.280. The van der Waals surface area contributed by atoms with Crippen LogP contribution in [0.5, 0.6) is 5.75 Å². The van der Waals surface area contributed by atoms with Crippen molar-refractivity contribution in [1.29, 1.82) is 0 Å². The second-order valence-electron chi connectivity index (χ2n) is 7.71. The highest BCUT2D eigenvalue weighted by atomic mass is 19.3. The number of rotatable bonds is 5. The van der Waals surface area contributed by atoms with Gasteiger partial charge in [0.25, 0.3) is 5.92 Å². The van der Waals surface area contributed by atoms with E-state index in [0.29, 0.717) is 16.9 Å². The predicted octanol–water partition coefficient (Wildman–Crippen LogP) is 5.61. The molecular formula is C25H22F2O3. The summed E-state index contributed by atoms with van der Waals surface area (Å²) in [5.74, 6) is -5.75. The van der Waals surface area contributed by atoms with Gasteiger partial charge in [0, 0.05) is 5.56 Å². The predicted molar refractivity (Wildman–Crippen MR) is 110 cm³/mol. The maximum Gasteiger partial charge on any atom is 0.264 e. The van der Waals surface area contributed by atoms with Crippen LogP contribution in [-0.2, 0) is 15.3 Å². The highest BCUT2D eigenvalue weighted by Gasteiger charge is 2.78. The molecule has 5 heteroatoms. The molecule has 1 saturated heterocycles. The summed E-state index contributed by atoms with van der Waals surface area (Å²) in [5.41, 5.74) is 3.24. The number of ether oxygens (including phenoxy) is 3. The molecule has 2 unspecified atom stereocenters. The zero-order chi connectivity index (χ0) is 20.8. The lowest BCUT2D eigenvalue weighted by atomic mass is 9.96. The van der Waals surface area contributed by atoms with Crippen molar-refractivity contribution in [2.75, 3.05) is 20.3 Å². The monoisotopic (exact) mass is 408 g/mol. The number of methoxy groups -OCH3 is 1. The van der Waals surface area contributed by atoms with Crippen LogP contribution in [0.1, 0.15) is 17.0 Å². The van der Waals surface area contributed by atoms with Crippen molar-refractivity contribution in [3.63, 3.8) is 0 Å². The lowest BCUT2D eigenvalue weighted by Crippen LogP contribution is -2.32. The van der Waals surface area contributed by atoms with Crippen LogP contribution in [0, 0.1) is 5.92 Å². The third-order valence-corrected chi connectivity index (χ3v) is 6.05. The topological polar surface area (TPSA) is 27.7 Å². The first-order chi connectivity index (χ1) is 14.6. The summed E-state index contributed by atoms with van der Waals surface area (Å²) in [7, 11) is 1.57. The van der Waals surface area contributed by atoms with E-state index in [1.54, 1.807) is 43.5 Å². The second kappa shape index (κ2) is 7.18. The highest BCUT2D eigenvalue weighted by molar-refractivity contribution is 5.63.